The zero-order valence-corrected chi connectivity index (χ0v) is 24.2. The molecule has 8 rings (SSSR count). The van der Waals surface area contributed by atoms with Crippen molar-refractivity contribution in [3.8, 4) is 56.2 Å². The minimum absolute atomic E-state index is 0.724. The van der Waals surface area contributed by atoms with Crippen LogP contribution in [0.25, 0.3) is 78.1 Å². The standard InChI is InChI=1S/C41H28N2O/c1-27-33(29-21-19-28(20-22-29)32-23-24-40-36(25-32)35-15-8-9-18-39(35)44-40)16-10-17-34(27)41-42-37(30-11-4-2-5-12-30)26-38(43-41)31-13-6-3-7-14-31/h2-26H,1H3. The summed E-state index contributed by atoms with van der Waals surface area (Å²) in [6.45, 7) is 2.16. The maximum Gasteiger partial charge on any atom is 0.160 e. The molecule has 0 bridgehead atoms. The van der Waals surface area contributed by atoms with Crippen molar-refractivity contribution in [1.29, 1.82) is 0 Å². The van der Waals surface area contributed by atoms with Crippen molar-refractivity contribution in [2.24, 2.45) is 0 Å². The van der Waals surface area contributed by atoms with Crippen LogP contribution in [0.5, 0.6) is 0 Å². The number of hydrogen-bond acceptors (Lipinski definition) is 3. The molecule has 6 aromatic carbocycles. The van der Waals surface area contributed by atoms with E-state index in [1.54, 1.807) is 0 Å². The second kappa shape index (κ2) is 10.8. The molecule has 0 N–H and O–H groups in total. The first-order chi connectivity index (χ1) is 21.7. The zero-order chi connectivity index (χ0) is 29.5. The van der Waals surface area contributed by atoms with E-state index in [2.05, 4.69) is 110 Å². The molecule has 2 aromatic heterocycles. The Hall–Kier alpha value is -5.80. The van der Waals surface area contributed by atoms with Gasteiger partial charge in [-0.15, -0.1) is 0 Å². The average Bonchev–Trinajstić information content (AvgIpc) is 3.47. The number of aromatic nitrogens is 2. The van der Waals surface area contributed by atoms with Crippen LogP contribution >= 0.6 is 0 Å². The van der Waals surface area contributed by atoms with E-state index in [9.17, 15) is 0 Å². The lowest BCUT2D eigenvalue weighted by Crippen LogP contribution is -1.98. The van der Waals surface area contributed by atoms with Crippen molar-refractivity contribution in [3.63, 3.8) is 0 Å². The van der Waals surface area contributed by atoms with Gasteiger partial charge in [0.15, 0.2) is 5.82 Å². The van der Waals surface area contributed by atoms with Gasteiger partial charge in [-0.05, 0) is 59.0 Å². The summed E-state index contributed by atoms with van der Waals surface area (Å²) in [5, 5.41) is 2.28. The first kappa shape index (κ1) is 25.9. The van der Waals surface area contributed by atoms with Crippen molar-refractivity contribution in [2.45, 2.75) is 6.92 Å². The molecule has 0 amide bonds. The van der Waals surface area contributed by atoms with Crippen LogP contribution in [-0.4, -0.2) is 9.97 Å². The van der Waals surface area contributed by atoms with Crippen molar-refractivity contribution in [3.05, 3.63) is 157 Å². The summed E-state index contributed by atoms with van der Waals surface area (Å²) in [4.78, 5) is 10.1. The molecule has 0 aliphatic carbocycles. The van der Waals surface area contributed by atoms with Gasteiger partial charge in [-0.25, -0.2) is 9.97 Å². The van der Waals surface area contributed by atoms with Crippen molar-refractivity contribution in [1.82, 2.24) is 9.97 Å². The number of para-hydroxylation sites is 1. The highest BCUT2D eigenvalue weighted by molar-refractivity contribution is 6.06. The van der Waals surface area contributed by atoms with E-state index in [1.165, 1.54) is 16.7 Å². The molecule has 8 aromatic rings. The number of benzene rings is 6. The van der Waals surface area contributed by atoms with Gasteiger partial charge < -0.3 is 4.42 Å². The predicted molar refractivity (Wildman–Crippen MR) is 181 cm³/mol. The summed E-state index contributed by atoms with van der Waals surface area (Å²) in [7, 11) is 0. The Balaban J connectivity index is 1.18. The Kier molecular flexibility index (Phi) is 6.35. The Morgan fingerprint density at radius 3 is 1.68 bits per heavy atom. The predicted octanol–water partition coefficient (Wildman–Crippen LogP) is 11.0. The van der Waals surface area contributed by atoms with E-state index in [0.717, 1.165) is 67.0 Å². The van der Waals surface area contributed by atoms with Crippen LogP contribution in [0.1, 0.15) is 5.56 Å². The first-order valence-corrected chi connectivity index (χ1v) is 14.8. The normalized spacial score (nSPS) is 11.3. The van der Waals surface area contributed by atoms with Crippen LogP contribution in [0.3, 0.4) is 0 Å². The summed E-state index contributed by atoms with van der Waals surface area (Å²) in [5.74, 6) is 0.724. The molecule has 44 heavy (non-hydrogen) atoms. The number of nitrogens with zero attached hydrogens (tertiary/aromatic N) is 2. The molecule has 0 radical (unpaired) electrons. The van der Waals surface area contributed by atoms with Crippen molar-refractivity contribution < 1.29 is 4.42 Å². The minimum Gasteiger partial charge on any atom is -0.456 e. The molecule has 2 heterocycles. The van der Waals surface area contributed by atoms with Crippen molar-refractivity contribution >= 4 is 21.9 Å². The number of fused-ring (bicyclic) bond motifs is 3. The molecule has 3 heteroatoms. The monoisotopic (exact) mass is 564 g/mol. The summed E-state index contributed by atoms with van der Waals surface area (Å²) < 4.78 is 6.04. The van der Waals surface area contributed by atoms with Crippen LogP contribution in [0, 0.1) is 6.92 Å². The van der Waals surface area contributed by atoms with Crippen LogP contribution < -0.4 is 0 Å². The molecule has 3 nitrogen and oxygen atoms in total. The van der Waals surface area contributed by atoms with Crippen molar-refractivity contribution in [2.75, 3.05) is 0 Å². The van der Waals surface area contributed by atoms with Gasteiger partial charge in [-0.1, -0.05) is 127 Å². The molecular formula is C41H28N2O. The van der Waals surface area contributed by atoms with Gasteiger partial charge in [-0.2, -0.15) is 0 Å². The topological polar surface area (TPSA) is 38.9 Å². The van der Waals surface area contributed by atoms with Gasteiger partial charge in [0, 0.05) is 27.5 Å². The van der Waals surface area contributed by atoms with E-state index < -0.39 is 0 Å². The highest BCUT2D eigenvalue weighted by atomic mass is 16.3. The average molecular weight is 565 g/mol. The van der Waals surface area contributed by atoms with Gasteiger partial charge in [-0.3, -0.25) is 0 Å². The lowest BCUT2D eigenvalue weighted by molar-refractivity contribution is 0.669. The Labute approximate surface area is 256 Å². The highest BCUT2D eigenvalue weighted by Gasteiger charge is 2.15. The van der Waals surface area contributed by atoms with Gasteiger partial charge in [0.05, 0.1) is 11.4 Å². The summed E-state index contributed by atoms with van der Waals surface area (Å²) in [6, 6.07) is 52.5. The fourth-order valence-electron chi connectivity index (χ4n) is 6.02. The third-order valence-electron chi connectivity index (χ3n) is 8.35. The van der Waals surface area contributed by atoms with Crippen LogP contribution in [-0.2, 0) is 0 Å². The van der Waals surface area contributed by atoms with Gasteiger partial charge in [0.25, 0.3) is 0 Å². The summed E-state index contributed by atoms with van der Waals surface area (Å²) in [6.07, 6.45) is 0. The zero-order valence-electron chi connectivity index (χ0n) is 24.2. The van der Waals surface area contributed by atoms with Gasteiger partial charge >= 0.3 is 0 Å². The molecule has 0 saturated carbocycles. The summed E-state index contributed by atoms with van der Waals surface area (Å²) >= 11 is 0. The number of hydrogen-bond donors (Lipinski definition) is 0. The third kappa shape index (κ3) is 4.65. The Morgan fingerprint density at radius 1 is 0.409 bits per heavy atom. The number of rotatable bonds is 5. The molecule has 208 valence electrons. The molecule has 0 atom stereocenters. The fraction of sp³-hybridized carbons (Fsp3) is 0.0244. The maximum atomic E-state index is 6.04. The van der Waals surface area contributed by atoms with Gasteiger partial charge in [0.1, 0.15) is 11.2 Å². The van der Waals surface area contributed by atoms with Crippen LogP contribution in [0.2, 0.25) is 0 Å². The Bertz CT molecular complexity index is 2210. The largest absolute Gasteiger partial charge is 0.456 e. The smallest absolute Gasteiger partial charge is 0.160 e. The van der Waals surface area contributed by atoms with Gasteiger partial charge in [0.2, 0.25) is 0 Å². The maximum absolute atomic E-state index is 6.04. The second-order valence-corrected chi connectivity index (χ2v) is 11.1. The van der Waals surface area contributed by atoms with Crippen LogP contribution in [0.4, 0.5) is 0 Å². The lowest BCUT2D eigenvalue weighted by Gasteiger charge is -2.14. The number of furan rings is 1. The molecule has 0 aliphatic rings. The SMILES string of the molecule is Cc1c(-c2ccc(-c3ccc4oc5ccccc5c4c3)cc2)cccc1-c1nc(-c2ccccc2)cc(-c2ccccc2)n1. The molecule has 0 unspecified atom stereocenters. The highest BCUT2D eigenvalue weighted by Crippen LogP contribution is 2.36. The van der Waals surface area contributed by atoms with E-state index >= 15 is 0 Å². The Morgan fingerprint density at radius 2 is 0.977 bits per heavy atom. The summed E-state index contributed by atoms with van der Waals surface area (Å²) in [5.41, 5.74) is 12.6. The van der Waals surface area contributed by atoms with E-state index in [-0.39, 0.29) is 0 Å². The van der Waals surface area contributed by atoms with E-state index in [0.29, 0.717) is 0 Å². The van der Waals surface area contributed by atoms with Crippen LogP contribution in [0.15, 0.2) is 156 Å². The lowest BCUT2D eigenvalue weighted by atomic mass is 9.94. The van der Waals surface area contributed by atoms with E-state index in [4.69, 9.17) is 14.4 Å². The minimum atomic E-state index is 0.724. The van der Waals surface area contributed by atoms with E-state index in [1.807, 2.05) is 48.5 Å². The molecule has 0 spiro atoms. The molecule has 0 fully saturated rings. The molecule has 0 saturated heterocycles. The second-order valence-electron chi connectivity index (χ2n) is 11.1. The fourth-order valence-corrected chi connectivity index (χ4v) is 6.02. The first-order valence-electron chi connectivity index (χ1n) is 14.8. The quantitative estimate of drug-likeness (QED) is 0.209. The third-order valence-corrected chi connectivity index (χ3v) is 8.35. The molecular weight excluding hydrogens is 536 g/mol. The molecule has 0 aliphatic heterocycles.